The van der Waals surface area contributed by atoms with Crippen molar-refractivity contribution in [2.45, 2.75) is 12.8 Å². The SMILES string of the molecule is Clc1ccc2c(c1)c(-c1ccccc1Cl)nc1nnc(CCc3ccccc3)n12. The summed E-state index contributed by atoms with van der Waals surface area (Å²) in [5, 5.41) is 11.0. The molecule has 0 unspecified atom stereocenters. The molecule has 0 saturated heterocycles. The predicted molar refractivity (Wildman–Crippen MR) is 118 cm³/mol. The Balaban J connectivity index is 1.69. The lowest BCUT2D eigenvalue weighted by atomic mass is 10.1. The van der Waals surface area contributed by atoms with Gasteiger partial charge in [0.2, 0.25) is 0 Å². The number of fused-ring (bicyclic) bond motifs is 3. The van der Waals surface area contributed by atoms with E-state index in [-0.39, 0.29) is 0 Å². The van der Waals surface area contributed by atoms with Crippen LogP contribution in [0, 0.1) is 0 Å². The monoisotopic (exact) mass is 418 g/mol. The van der Waals surface area contributed by atoms with E-state index in [9.17, 15) is 0 Å². The number of hydrogen-bond acceptors (Lipinski definition) is 3. The van der Waals surface area contributed by atoms with Crippen LogP contribution in [0.15, 0.2) is 72.8 Å². The van der Waals surface area contributed by atoms with Crippen molar-refractivity contribution in [1.29, 1.82) is 0 Å². The Labute approximate surface area is 177 Å². The maximum Gasteiger partial charge on any atom is 0.256 e. The Bertz CT molecular complexity index is 1330. The molecule has 0 saturated carbocycles. The number of aryl methyl sites for hydroxylation is 2. The van der Waals surface area contributed by atoms with E-state index < -0.39 is 0 Å². The summed E-state index contributed by atoms with van der Waals surface area (Å²) >= 11 is 12.8. The number of aromatic nitrogens is 4. The van der Waals surface area contributed by atoms with Crippen LogP contribution >= 0.6 is 23.2 Å². The molecule has 0 aliphatic carbocycles. The number of halogens is 2. The second-order valence-corrected chi connectivity index (χ2v) is 7.68. The summed E-state index contributed by atoms with van der Waals surface area (Å²) in [5.74, 6) is 1.42. The molecule has 0 amide bonds. The van der Waals surface area contributed by atoms with Gasteiger partial charge in [0, 0.05) is 27.4 Å². The van der Waals surface area contributed by atoms with E-state index in [0.717, 1.165) is 40.8 Å². The molecule has 4 nitrogen and oxygen atoms in total. The molecule has 0 aliphatic heterocycles. The molecule has 0 N–H and O–H groups in total. The number of nitrogens with zero attached hydrogens (tertiary/aromatic N) is 4. The summed E-state index contributed by atoms with van der Waals surface area (Å²) in [6.45, 7) is 0. The molecule has 2 aromatic heterocycles. The number of hydrogen-bond donors (Lipinski definition) is 0. The molecule has 0 fully saturated rings. The van der Waals surface area contributed by atoms with Gasteiger partial charge in [-0.25, -0.2) is 4.98 Å². The van der Waals surface area contributed by atoms with Crippen LogP contribution in [0.3, 0.4) is 0 Å². The van der Waals surface area contributed by atoms with Gasteiger partial charge in [-0.1, -0.05) is 71.7 Å². The van der Waals surface area contributed by atoms with Gasteiger partial charge in [0.1, 0.15) is 5.82 Å². The maximum atomic E-state index is 6.46. The topological polar surface area (TPSA) is 43.1 Å². The fourth-order valence-corrected chi connectivity index (χ4v) is 4.00. The van der Waals surface area contributed by atoms with Gasteiger partial charge in [-0.3, -0.25) is 4.40 Å². The maximum absolute atomic E-state index is 6.46. The zero-order valence-corrected chi connectivity index (χ0v) is 16.9. The molecule has 5 aromatic rings. The van der Waals surface area contributed by atoms with E-state index in [1.807, 2.05) is 65.1 Å². The molecule has 0 aliphatic rings. The third-order valence-corrected chi connectivity index (χ3v) is 5.55. The highest BCUT2D eigenvalue weighted by molar-refractivity contribution is 6.34. The molecule has 29 heavy (non-hydrogen) atoms. The lowest BCUT2D eigenvalue weighted by molar-refractivity contribution is 0.847. The summed E-state index contributed by atoms with van der Waals surface area (Å²) in [5.41, 5.74) is 3.82. The van der Waals surface area contributed by atoms with E-state index in [1.54, 1.807) is 0 Å². The van der Waals surface area contributed by atoms with E-state index in [2.05, 4.69) is 22.3 Å². The molecule has 0 spiro atoms. The van der Waals surface area contributed by atoms with Gasteiger partial charge < -0.3 is 0 Å². The molecular weight excluding hydrogens is 403 g/mol. The Hall–Kier alpha value is -2.95. The zero-order chi connectivity index (χ0) is 19.8. The van der Waals surface area contributed by atoms with Crippen molar-refractivity contribution >= 4 is 39.9 Å². The average Bonchev–Trinajstić information content (AvgIpc) is 3.16. The largest absolute Gasteiger partial charge is 0.263 e. The molecule has 142 valence electrons. The van der Waals surface area contributed by atoms with Crippen molar-refractivity contribution < 1.29 is 0 Å². The summed E-state index contributed by atoms with van der Waals surface area (Å²) in [6.07, 6.45) is 1.64. The second kappa shape index (κ2) is 7.47. The first-order chi connectivity index (χ1) is 14.2. The summed E-state index contributed by atoms with van der Waals surface area (Å²) in [7, 11) is 0. The van der Waals surface area contributed by atoms with E-state index in [0.29, 0.717) is 15.8 Å². The predicted octanol–water partition coefficient (Wildman–Crippen LogP) is 6.04. The highest BCUT2D eigenvalue weighted by atomic mass is 35.5. The first kappa shape index (κ1) is 18.1. The van der Waals surface area contributed by atoms with Gasteiger partial charge in [0.15, 0.2) is 0 Å². The minimum absolute atomic E-state index is 0.554. The molecule has 5 rings (SSSR count). The Kier molecular flexibility index (Phi) is 4.66. The van der Waals surface area contributed by atoms with Crippen molar-refractivity contribution in [2.75, 3.05) is 0 Å². The van der Waals surface area contributed by atoms with Gasteiger partial charge in [0.05, 0.1) is 11.2 Å². The van der Waals surface area contributed by atoms with Crippen LogP contribution in [0.4, 0.5) is 0 Å². The molecule has 0 radical (unpaired) electrons. The lowest BCUT2D eigenvalue weighted by Gasteiger charge is -2.11. The molecule has 2 heterocycles. The zero-order valence-electron chi connectivity index (χ0n) is 15.4. The lowest BCUT2D eigenvalue weighted by Crippen LogP contribution is -2.02. The fourth-order valence-electron chi connectivity index (χ4n) is 3.60. The normalized spacial score (nSPS) is 11.4. The second-order valence-electron chi connectivity index (χ2n) is 6.84. The summed E-state index contributed by atoms with van der Waals surface area (Å²) < 4.78 is 2.01. The van der Waals surface area contributed by atoms with Gasteiger partial charge in [-0.15, -0.1) is 10.2 Å². The van der Waals surface area contributed by atoms with Crippen LogP contribution in [0.2, 0.25) is 10.0 Å². The number of benzene rings is 3. The van der Waals surface area contributed by atoms with Gasteiger partial charge in [-0.05, 0) is 36.2 Å². The quantitative estimate of drug-likeness (QED) is 0.357. The van der Waals surface area contributed by atoms with Crippen molar-refractivity contribution in [3.8, 4) is 11.3 Å². The fraction of sp³-hybridized carbons (Fsp3) is 0.0870. The third-order valence-electron chi connectivity index (χ3n) is 4.99. The van der Waals surface area contributed by atoms with Gasteiger partial charge in [-0.2, -0.15) is 0 Å². The number of rotatable bonds is 4. The third kappa shape index (κ3) is 3.35. The van der Waals surface area contributed by atoms with Crippen molar-refractivity contribution in [2.24, 2.45) is 0 Å². The highest BCUT2D eigenvalue weighted by Crippen LogP contribution is 2.34. The van der Waals surface area contributed by atoms with Gasteiger partial charge in [0.25, 0.3) is 5.78 Å². The van der Waals surface area contributed by atoms with E-state index in [1.165, 1.54) is 5.56 Å². The van der Waals surface area contributed by atoms with Crippen LogP contribution < -0.4 is 0 Å². The van der Waals surface area contributed by atoms with Crippen LogP contribution in [0.25, 0.3) is 27.9 Å². The van der Waals surface area contributed by atoms with E-state index in [4.69, 9.17) is 28.2 Å². The smallest absolute Gasteiger partial charge is 0.256 e. The Morgan fingerprint density at radius 1 is 0.793 bits per heavy atom. The summed E-state index contributed by atoms with van der Waals surface area (Å²) in [6, 6.07) is 23.8. The summed E-state index contributed by atoms with van der Waals surface area (Å²) in [4.78, 5) is 4.80. The first-order valence-corrected chi connectivity index (χ1v) is 10.1. The minimum Gasteiger partial charge on any atom is -0.263 e. The van der Waals surface area contributed by atoms with Crippen molar-refractivity contribution in [3.63, 3.8) is 0 Å². The first-order valence-electron chi connectivity index (χ1n) is 9.33. The Morgan fingerprint density at radius 2 is 1.59 bits per heavy atom. The standard InChI is InChI=1S/C23H16Cl2N4/c24-16-11-12-20-18(14-16)22(17-8-4-5-9-19(17)25)26-23-28-27-21(29(20)23)13-10-15-6-2-1-3-7-15/h1-9,11-12,14H,10,13H2. The molecule has 0 atom stereocenters. The molecule has 0 bridgehead atoms. The van der Waals surface area contributed by atoms with Crippen molar-refractivity contribution in [1.82, 2.24) is 19.6 Å². The average molecular weight is 419 g/mol. The molecular formula is C23H16Cl2N4. The van der Waals surface area contributed by atoms with Crippen LogP contribution in [0.1, 0.15) is 11.4 Å². The van der Waals surface area contributed by atoms with Crippen LogP contribution in [-0.4, -0.2) is 19.6 Å². The molecule has 3 aromatic carbocycles. The van der Waals surface area contributed by atoms with Crippen molar-refractivity contribution in [3.05, 3.63) is 94.2 Å². The van der Waals surface area contributed by atoms with Crippen LogP contribution in [0.5, 0.6) is 0 Å². The minimum atomic E-state index is 0.554. The Morgan fingerprint density at radius 3 is 2.41 bits per heavy atom. The van der Waals surface area contributed by atoms with E-state index >= 15 is 0 Å². The highest BCUT2D eigenvalue weighted by Gasteiger charge is 2.17. The molecule has 6 heteroatoms. The van der Waals surface area contributed by atoms with Gasteiger partial charge >= 0.3 is 0 Å². The van der Waals surface area contributed by atoms with Crippen LogP contribution in [-0.2, 0) is 12.8 Å².